The summed E-state index contributed by atoms with van der Waals surface area (Å²) in [6, 6.07) is 3.49. The molecule has 0 radical (unpaired) electrons. The Morgan fingerprint density at radius 1 is 1.42 bits per heavy atom. The van der Waals surface area contributed by atoms with Crippen LogP contribution in [0.4, 0.5) is 0 Å². The molecule has 2 rings (SSSR count). The van der Waals surface area contributed by atoms with Crippen LogP contribution in [0, 0.1) is 0 Å². The van der Waals surface area contributed by atoms with Crippen LogP contribution in [0.15, 0.2) is 18.3 Å². The highest BCUT2D eigenvalue weighted by atomic mass is 32.1. The van der Waals surface area contributed by atoms with Crippen molar-refractivity contribution in [1.82, 2.24) is 9.97 Å². The van der Waals surface area contributed by atoms with E-state index in [-0.39, 0.29) is 11.5 Å². The fourth-order valence-corrected chi connectivity index (χ4v) is 2.40. The Kier molecular flexibility index (Phi) is 4.08. The maximum atomic E-state index is 11.1. The molecule has 1 N–H and O–H groups in total. The number of pyridine rings is 1. The Balaban J connectivity index is 2.38. The van der Waals surface area contributed by atoms with Crippen molar-refractivity contribution >= 4 is 17.3 Å². The number of hydrogen-bond donors (Lipinski definition) is 1. The average Bonchev–Trinajstić information content (AvgIpc) is 2.83. The molecule has 2 aromatic heterocycles. The molecule has 0 spiro atoms. The summed E-state index contributed by atoms with van der Waals surface area (Å²) in [5, 5.41) is 9.71. The first kappa shape index (κ1) is 13.4. The topological polar surface area (TPSA) is 81.5 Å². The van der Waals surface area contributed by atoms with Crippen molar-refractivity contribution in [2.24, 2.45) is 0 Å². The van der Waals surface area contributed by atoms with Gasteiger partial charge in [-0.2, -0.15) is 0 Å². The summed E-state index contributed by atoms with van der Waals surface area (Å²) < 4.78 is 9.92. The Hall–Kier alpha value is -1.99. The molecule has 0 saturated heterocycles. The third kappa shape index (κ3) is 2.88. The Labute approximate surface area is 113 Å². The molecule has 0 aliphatic rings. The van der Waals surface area contributed by atoms with Gasteiger partial charge in [0, 0.05) is 24.9 Å². The lowest BCUT2D eigenvalue weighted by Gasteiger charge is -1.99. The van der Waals surface area contributed by atoms with Crippen LogP contribution in [0.1, 0.15) is 15.4 Å². The number of methoxy groups -OCH3 is 2. The van der Waals surface area contributed by atoms with E-state index < -0.39 is 5.97 Å². The van der Waals surface area contributed by atoms with Crippen molar-refractivity contribution in [2.75, 3.05) is 14.2 Å². The molecule has 0 atom stereocenters. The van der Waals surface area contributed by atoms with Gasteiger partial charge >= 0.3 is 5.97 Å². The minimum atomic E-state index is -1.00. The van der Waals surface area contributed by atoms with E-state index in [9.17, 15) is 4.79 Å². The van der Waals surface area contributed by atoms with Gasteiger partial charge in [-0.3, -0.25) is 0 Å². The summed E-state index contributed by atoms with van der Waals surface area (Å²) in [6.07, 6.45) is 1.60. The van der Waals surface area contributed by atoms with Crippen LogP contribution < -0.4 is 4.74 Å². The molecular weight excluding hydrogens is 268 g/mol. The van der Waals surface area contributed by atoms with Gasteiger partial charge in [0.15, 0.2) is 0 Å². The number of nitrogens with zero attached hydrogens (tertiary/aromatic N) is 2. The summed E-state index contributed by atoms with van der Waals surface area (Å²) in [5.74, 6) is -0.506. The quantitative estimate of drug-likeness (QED) is 0.902. The van der Waals surface area contributed by atoms with Gasteiger partial charge in [-0.25, -0.2) is 14.8 Å². The highest BCUT2D eigenvalue weighted by Crippen LogP contribution is 2.28. The molecule has 0 aliphatic heterocycles. The van der Waals surface area contributed by atoms with Crippen molar-refractivity contribution in [3.63, 3.8) is 0 Å². The average molecular weight is 280 g/mol. The highest BCUT2D eigenvalue weighted by molar-refractivity contribution is 7.17. The van der Waals surface area contributed by atoms with Crippen LogP contribution in [0.3, 0.4) is 0 Å². The lowest BCUT2D eigenvalue weighted by atomic mass is 10.3. The molecule has 6 nitrogen and oxygen atoms in total. The summed E-state index contributed by atoms with van der Waals surface area (Å²) in [4.78, 5) is 19.7. The fraction of sp³-hybridized carbons (Fsp3) is 0.250. The summed E-state index contributed by atoms with van der Waals surface area (Å²) >= 11 is 1.10. The van der Waals surface area contributed by atoms with Crippen LogP contribution in [0.25, 0.3) is 10.6 Å². The maximum Gasteiger partial charge on any atom is 0.347 e. The van der Waals surface area contributed by atoms with Gasteiger partial charge in [0.25, 0.3) is 0 Å². The van der Waals surface area contributed by atoms with Crippen LogP contribution in [-0.4, -0.2) is 35.3 Å². The monoisotopic (exact) mass is 280 g/mol. The number of ether oxygens (including phenoxy) is 2. The van der Waals surface area contributed by atoms with Gasteiger partial charge in [-0.15, -0.1) is 11.3 Å². The highest BCUT2D eigenvalue weighted by Gasteiger charge is 2.18. The van der Waals surface area contributed by atoms with E-state index in [1.807, 2.05) is 0 Å². The molecule has 0 saturated carbocycles. The SMILES string of the molecule is COCc1nc(-c2ccc(OC)nc2)sc1C(=O)O. The normalized spacial score (nSPS) is 10.4. The molecule has 0 unspecified atom stereocenters. The molecule has 19 heavy (non-hydrogen) atoms. The number of hydrogen-bond acceptors (Lipinski definition) is 6. The predicted molar refractivity (Wildman–Crippen MR) is 69.6 cm³/mol. The minimum absolute atomic E-state index is 0.168. The molecular formula is C12H12N2O4S. The third-order valence-electron chi connectivity index (χ3n) is 2.37. The first-order valence-corrected chi connectivity index (χ1v) is 6.19. The Morgan fingerprint density at radius 2 is 2.21 bits per heavy atom. The molecule has 0 aromatic carbocycles. The van der Waals surface area contributed by atoms with Crippen LogP contribution in [0.2, 0.25) is 0 Å². The molecule has 0 aliphatic carbocycles. The van der Waals surface area contributed by atoms with E-state index in [0.717, 1.165) is 16.9 Å². The van der Waals surface area contributed by atoms with Crippen molar-refractivity contribution in [3.05, 3.63) is 28.9 Å². The molecule has 2 aromatic rings. The number of thiazole rings is 1. The summed E-state index contributed by atoms with van der Waals surface area (Å²) in [6.45, 7) is 0.168. The smallest absolute Gasteiger partial charge is 0.347 e. The van der Waals surface area contributed by atoms with Gasteiger partial charge in [0.2, 0.25) is 5.88 Å². The van der Waals surface area contributed by atoms with E-state index in [1.54, 1.807) is 18.3 Å². The van der Waals surface area contributed by atoms with Gasteiger partial charge in [0.1, 0.15) is 9.88 Å². The van der Waals surface area contributed by atoms with Crippen molar-refractivity contribution in [1.29, 1.82) is 0 Å². The standard InChI is InChI=1S/C12H12N2O4S/c1-17-6-8-10(12(15)16)19-11(14-8)7-3-4-9(18-2)13-5-7/h3-5H,6H2,1-2H3,(H,15,16). The lowest BCUT2D eigenvalue weighted by Crippen LogP contribution is -1.99. The van der Waals surface area contributed by atoms with E-state index in [2.05, 4.69) is 9.97 Å². The second-order valence-corrected chi connectivity index (χ2v) is 4.62. The fourth-order valence-electron chi connectivity index (χ4n) is 1.50. The number of aromatic nitrogens is 2. The second kappa shape index (κ2) is 5.77. The van der Waals surface area contributed by atoms with Gasteiger partial charge in [-0.1, -0.05) is 0 Å². The molecule has 7 heteroatoms. The molecule has 0 amide bonds. The minimum Gasteiger partial charge on any atom is -0.481 e. The second-order valence-electron chi connectivity index (χ2n) is 3.62. The molecule has 0 bridgehead atoms. The van der Waals surface area contributed by atoms with Crippen molar-refractivity contribution < 1.29 is 19.4 Å². The van der Waals surface area contributed by atoms with Gasteiger partial charge < -0.3 is 14.6 Å². The van der Waals surface area contributed by atoms with Crippen molar-refractivity contribution in [2.45, 2.75) is 6.61 Å². The Bertz CT molecular complexity index is 580. The number of carboxylic acid groups (broad SMARTS) is 1. The van der Waals surface area contributed by atoms with E-state index >= 15 is 0 Å². The van der Waals surface area contributed by atoms with Crippen LogP contribution >= 0.6 is 11.3 Å². The molecule has 2 heterocycles. The zero-order valence-corrected chi connectivity index (χ0v) is 11.2. The number of aromatic carboxylic acids is 1. The predicted octanol–water partition coefficient (Wildman–Crippen LogP) is 2.06. The zero-order chi connectivity index (χ0) is 13.8. The number of carboxylic acids is 1. The Morgan fingerprint density at radius 3 is 2.74 bits per heavy atom. The lowest BCUT2D eigenvalue weighted by molar-refractivity contribution is 0.0697. The zero-order valence-electron chi connectivity index (χ0n) is 10.4. The van der Waals surface area contributed by atoms with E-state index in [4.69, 9.17) is 14.6 Å². The maximum absolute atomic E-state index is 11.1. The summed E-state index contributed by atoms with van der Waals surface area (Å²) in [5.41, 5.74) is 1.17. The van der Waals surface area contributed by atoms with Gasteiger partial charge in [-0.05, 0) is 6.07 Å². The third-order valence-corrected chi connectivity index (χ3v) is 3.50. The largest absolute Gasteiger partial charge is 0.481 e. The van der Waals surface area contributed by atoms with Crippen LogP contribution in [-0.2, 0) is 11.3 Å². The first-order chi connectivity index (χ1) is 9.15. The van der Waals surface area contributed by atoms with Gasteiger partial charge in [0.05, 0.1) is 19.4 Å². The van der Waals surface area contributed by atoms with Crippen molar-refractivity contribution in [3.8, 4) is 16.5 Å². The molecule has 0 fully saturated rings. The van der Waals surface area contributed by atoms with E-state index in [1.165, 1.54) is 14.2 Å². The number of carbonyl (C=O) groups is 1. The number of rotatable bonds is 5. The summed E-state index contributed by atoms with van der Waals surface area (Å²) in [7, 11) is 3.03. The van der Waals surface area contributed by atoms with E-state index in [0.29, 0.717) is 16.6 Å². The first-order valence-electron chi connectivity index (χ1n) is 5.38. The van der Waals surface area contributed by atoms with Crippen LogP contribution in [0.5, 0.6) is 5.88 Å². The molecule has 100 valence electrons.